The molecule has 1 aliphatic rings. The number of nitro groups is 1. The molecular formula is C10H8N2O4S. The SMILES string of the molecule is O=C(O)C1CSC(c2ccccc2[N+](=O)[O-])=N1. The lowest BCUT2D eigenvalue weighted by atomic mass is 10.2. The van der Waals surface area contributed by atoms with E-state index in [1.807, 2.05) is 0 Å². The van der Waals surface area contributed by atoms with Crippen molar-refractivity contribution in [2.24, 2.45) is 4.99 Å². The van der Waals surface area contributed by atoms with Gasteiger partial charge in [0.05, 0.1) is 10.5 Å². The zero-order chi connectivity index (χ0) is 12.4. The number of hydrogen-bond donors (Lipinski definition) is 1. The van der Waals surface area contributed by atoms with E-state index in [1.165, 1.54) is 17.8 Å². The van der Waals surface area contributed by atoms with Gasteiger partial charge in [0.25, 0.3) is 5.69 Å². The lowest BCUT2D eigenvalue weighted by molar-refractivity contribution is -0.385. The van der Waals surface area contributed by atoms with Crippen LogP contribution in [-0.4, -0.2) is 32.8 Å². The Morgan fingerprint density at radius 2 is 2.24 bits per heavy atom. The summed E-state index contributed by atoms with van der Waals surface area (Å²) in [4.78, 5) is 25.0. The molecule has 0 radical (unpaired) electrons. The molecule has 0 saturated carbocycles. The average molecular weight is 252 g/mol. The average Bonchev–Trinajstić information content (AvgIpc) is 2.78. The highest BCUT2D eigenvalue weighted by molar-refractivity contribution is 8.14. The fraction of sp³-hybridized carbons (Fsp3) is 0.200. The topological polar surface area (TPSA) is 92.8 Å². The van der Waals surface area contributed by atoms with E-state index >= 15 is 0 Å². The minimum atomic E-state index is -1.01. The molecule has 2 rings (SSSR count). The van der Waals surface area contributed by atoms with Crippen LogP contribution in [0.25, 0.3) is 0 Å². The second-order valence-electron chi connectivity index (χ2n) is 3.37. The van der Waals surface area contributed by atoms with Gasteiger partial charge in [-0.05, 0) is 6.07 Å². The summed E-state index contributed by atoms with van der Waals surface area (Å²) < 4.78 is 0. The zero-order valence-electron chi connectivity index (χ0n) is 8.57. The molecule has 1 unspecified atom stereocenters. The zero-order valence-corrected chi connectivity index (χ0v) is 9.38. The van der Waals surface area contributed by atoms with Crippen LogP contribution in [0.2, 0.25) is 0 Å². The van der Waals surface area contributed by atoms with Crippen molar-refractivity contribution in [2.45, 2.75) is 6.04 Å². The number of benzene rings is 1. The van der Waals surface area contributed by atoms with Crippen molar-refractivity contribution in [3.63, 3.8) is 0 Å². The standard InChI is InChI=1S/C10H8N2O4S/c13-10(14)7-5-17-9(11-7)6-3-1-2-4-8(6)12(15)16/h1-4,7H,5H2,(H,13,14). The number of carboxylic acids is 1. The Hall–Kier alpha value is -1.89. The Kier molecular flexibility index (Phi) is 3.10. The van der Waals surface area contributed by atoms with Gasteiger partial charge in [0.2, 0.25) is 0 Å². The van der Waals surface area contributed by atoms with Crippen LogP contribution in [0, 0.1) is 10.1 Å². The second-order valence-corrected chi connectivity index (χ2v) is 4.38. The first kappa shape index (κ1) is 11.6. The van der Waals surface area contributed by atoms with Crippen LogP contribution >= 0.6 is 11.8 Å². The van der Waals surface area contributed by atoms with Crippen LogP contribution in [0.5, 0.6) is 0 Å². The number of nitrogens with zero attached hydrogens (tertiary/aromatic N) is 2. The third kappa shape index (κ3) is 2.28. The minimum Gasteiger partial charge on any atom is -0.480 e. The fourth-order valence-corrected chi connectivity index (χ4v) is 2.52. The molecule has 0 aromatic heterocycles. The Morgan fingerprint density at radius 1 is 1.53 bits per heavy atom. The van der Waals surface area contributed by atoms with E-state index in [9.17, 15) is 14.9 Å². The molecule has 17 heavy (non-hydrogen) atoms. The van der Waals surface area contributed by atoms with Crippen molar-refractivity contribution in [1.82, 2.24) is 0 Å². The summed E-state index contributed by atoms with van der Waals surface area (Å²) in [5.74, 6) is -0.692. The molecule has 0 fully saturated rings. The largest absolute Gasteiger partial charge is 0.480 e. The quantitative estimate of drug-likeness (QED) is 0.650. The van der Waals surface area contributed by atoms with Gasteiger partial charge < -0.3 is 5.11 Å². The Balaban J connectivity index is 2.39. The van der Waals surface area contributed by atoms with Gasteiger partial charge in [-0.15, -0.1) is 11.8 Å². The van der Waals surface area contributed by atoms with Crippen LogP contribution in [0.4, 0.5) is 5.69 Å². The summed E-state index contributed by atoms with van der Waals surface area (Å²) >= 11 is 1.23. The van der Waals surface area contributed by atoms with Gasteiger partial charge in [-0.2, -0.15) is 0 Å². The molecule has 0 amide bonds. The highest BCUT2D eigenvalue weighted by atomic mass is 32.2. The number of carbonyl (C=O) groups is 1. The van der Waals surface area contributed by atoms with Crippen molar-refractivity contribution < 1.29 is 14.8 Å². The van der Waals surface area contributed by atoms with E-state index in [4.69, 9.17) is 5.11 Å². The maximum Gasteiger partial charge on any atom is 0.329 e. The number of nitro benzene ring substituents is 1. The highest BCUT2D eigenvalue weighted by Crippen LogP contribution is 2.28. The van der Waals surface area contributed by atoms with Gasteiger partial charge >= 0.3 is 5.97 Å². The number of aliphatic imine (C=N–C) groups is 1. The van der Waals surface area contributed by atoms with E-state index < -0.39 is 16.9 Å². The van der Waals surface area contributed by atoms with Crippen LogP contribution in [0.15, 0.2) is 29.3 Å². The molecule has 7 heteroatoms. The van der Waals surface area contributed by atoms with Crippen LogP contribution in [0.3, 0.4) is 0 Å². The molecule has 0 spiro atoms. The number of thioether (sulfide) groups is 1. The van der Waals surface area contributed by atoms with Crippen molar-refractivity contribution in [3.8, 4) is 0 Å². The number of carboxylic acid groups (broad SMARTS) is 1. The molecule has 6 nitrogen and oxygen atoms in total. The lowest BCUT2D eigenvalue weighted by Gasteiger charge is -2.00. The predicted octanol–water partition coefficient (Wildman–Crippen LogP) is 1.54. The normalized spacial score (nSPS) is 18.8. The number of aliphatic carboxylic acids is 1. The van der Waals surface area contributed by atoms with E-state index in [0.717, 1.165) is 0 Å². The predicted molar refractivity (Wildman–Crippen MR) is 63.5 cm³/mol. The van der Waals surface area contributed by atoms with E-state index in [0.29, 0.717) is 16.4 Å². The molecule has 0 saturated heterocycles. The van der Waals surface area contributed by atoms with Gasteiger partial charge in [-0.25, -0.2) is 4.79 Å². The Bertz CT molecular complexity index is 515. The second kappa shape index (κ2) is 4.54. The maximum absolute atomic E-state index is 10.8. The molecule has 1 N–H and O–H groups in total. The first-order valence-electron chi connectivity index (χ1n) is 4.77. The summed E-state index contributed by atoms with van der Waals surface area (Å²) in [7, 11) is 0. The van der Waals surface area contributed by atoms with E-state index in [2.05, 4.69) is 4.99 Å². The van der Waals surface area contributed by atoms with Crippen molar-refractivity contribution in [2.75, 3.05) is 5.75 Å². The van der Waals surface area contributed by atoms with Gasteiger partial charge in [0.15, 0.2) is 6.04 Å². The van der Waals surface area contributed by atoms with Gasteiger partial charge in [-0.3, -0.25) is 15.1 Å². The third-order valence-electron chi connectivity index (χ3n) is 2.27. The number of para-hydroxylation sites is 1. The van der Waals surface area contributed by atoms with Crippen molar-refractivity contribution in [1.29, 1.82) is 0 Å². The summed E-state index contributed by atoms with van der Waals surface area (Å²) in [6.45, 7) is 0. The minimum absolute atomic E-state index is 0.0511. The molecule has 1 aliphatic heterocycles. The maximum atomic E-state index is 10.8. The molecule has 0 bridgehead atoms. The van der Waals surface area contributed by atoms with E-state index in [-0.39, 0.29) is 5.69 Å². The van der Waals surface area contributed by atoms with Crippen molar-refractivity contribution >= 4 is 28.5 Å². The molecule has 0 aliphatic carbocycles. The summed E-state index contributed by atoms with van der Waals surface area (Å²) in [6.07, 6.45) is 0. The highest BCUT2D eigenvalue weighted by Gasteiger charge is 2.28. The monoisotopic (exact) mass is 252 g/mol. The lowest BCUT2D eigenvalue weighted by Crippen LogP contribution is -2.17. The van der Waals surface area contributed by atoms with Crippen LogP contribution in [0.1, 0.15) is 5.56 Å². The molecule has 1 atom stereocenters. The first-order chi connectivity index (χ1) is 8.09. The fourth-order valence-electron chi connectivity index (χ4n) is 1.46. The third-order valence-corrected chi connectivity index (χ3v) is 3.35. The van der Waals surface area contributed by atoms with Gasteiger partial charge in [-0.1, -0.05) is 12.1 Å². The molecule has 1 aromatic carbocycles. The summed E-state index contributed by atoms with van der Waals surface area (Å²) in [5, 5.41) is 20.0. The number of hydrogen-bond acceptors (Lipinski definition) is 5. The summed E-state index contributed by atoms with van der Waals surface area (Å²) in [6, 6.07) is 5.38. The first-order valence-corrected chi connectivity index (χ1v) is 5.75. The molecular weight excluding hydrogens is 244 g/mol. The molecule has 1 heterocycles. The van der Waals surface area contributed by atoms with E-state index in [1.54, 1.807) is 18.2 Å². The smallest absolute Gasteiger partial charge is 0.329 e. The Labute approximate surface area is 101 Å². The van der Waals surface area contributed by atoms with Gasteiger partial charge in [0, 0.05) is 11.8 Å². The molecule has 1 aromatic rings. The van der Waals surface area contributed by atoms with Crippen molar-refractivity contribution in [3.05, 3.63) is 39.9 Å². The van der Waals surface area contributed by atoms with Crippen LogP contribution in [-0.2, 0) is 4.79 Å². The van der Waals surface area contributed by atoms with Crippen LogP contribution < -0.4 is 0 Å². The van der Waals surface area contributed by atoms with Gasteiger partial charge in [0.1, 0.15) is 5.04 Å². The molecule has 88 valence electrons. The number of rotatable bonds is 3. The Morgan fingerprint density at radius 3 is 2.82 bits per heavy atom. The summed E-state index contributed by atoms with van der Waals surface area (Å²) in [5.41, 5.74) is 0.330.